The molecule has 0 aliphatic carbocycles. The van der Waals surface area contributed by atoms with Crippen LogP contribution in [0.25, 0.3) is 115 Å². The third kappa shape index (κ3) is 7.71. The normalized spacial score (nSPS) is 11.8. The van der Waals surface area contributed by atoms with E-state index in [1.165, 1.54) is 23.3 Å². The summed E-state index contributed by atoms with van der Waals surface area (Å²) in [6, 6.07) is 68.8. The number of rotatable bonds is 7. The number of aryl methyl sites for hydroxylation is 4. The van der Waals surface area contributed by atoms with Crippen LogP contribution < -0.4 is 0 Å². The Morgan fingerprint density at radius 1 is 0.333 bits per heavy atom. The lowest BCUT2D eigenvalue weighted by molar-refractivity contribution is -0.137. The van der Waals surface area contributed by atoms with Crippen LogP contribution in [0, 0.1) is 34.3 Å². The van der Waals surface area contributed by atoms with Gasteiger partial charge in [0.05, 0.1) is 39.9 Å². The van der Waals surface area contributed by atoms with Crippen molar-refractivity contribution in [2.45, 2.75) is 33.9 Å². The third-order valence-electron chi connectivity index (χ3n) is 14.3. The van der Waals surface area contributed by atoms with Crippen LogP contribution in [0.1, 0.15) is 27.8 Å². The summed E-state index contributed by atoms with van der Waals surface area (Å²) in [6.07, 6.45) is -4.64. The number of fused-ring (bicyclic) bond motifs is 6. The maximum Gasteiger partial charge on any atom is 0.416 e. The lowest BCUT2D eigenvalue weighted by atomic mass is 9.97. The lowest BCUT2D eigenvalue weighted by Gasteiger charge is -2.21. The van der Waals surface area contributed by atoms with Crippen molar-refractivity contribution in [2.24, 2.45) is 0 Å². The number of nitrogens with zero attached hydrogens (tertiary/aromatic N) is 3. The molecular weight excluding hydrogens is 892 g/mol. The highest BCUT2D eigenvalue weighted by atomic mass is 19.4. The summed E-state index contributed by atoms with van der Waals surface area (Å²) in [6.45, 7) is 16.5. The Morgan fingerprint density at radius 2 is 0.667 bits per heavy atom. The Kier molecular flexibility index (Phi) is 10.6. The molecule has 12 aromatic rings. The largest absolute Gasteiger partial charge is 0.416 e. The number of benzene rings is 10. The first-order valence-electron chi connectivity index (χ1n) is 24.1. The highest BCUT2D eigenvalue weighted by Crippen LogP contribution is 2.46. The predicted molar refractivity (Wildman–Crippen MR) is 293 cm³/mol. The van der Waals surface area contributed by atoms with Crippen LogP contribution >= 0.6 is 0 Å². The summed E-state index contributed by atoms with van der Waals surface area (Å²) in [5.74, 6) is 0. The van der Waals surface area contributed by atoms with E-state index in [9.17, 15) is 0 Å². The standard InChI is InChI=1S/C66H46F3N3/c1-40-6-14-44(15-7-40)48-22-29-60-55(34-48)56-35-49(45-16-8-41(2)9-17-45)23-30-61(56)71(60)64-33-26-52(66(67,68)69)38-59(64)54-28-27-53(70-5)39-65(54)72-62-31-24-50(46-18-10-42(3)11-19-46)36-57(62)58-37-51(25-32-63(58)72)47-20-12-43(4)13-21-47/h6-39H,1-4H3. The average molecular weight is 938 g/mol. The molecule has 0 saturated carbocycles. The first kappa shape index (κ1) is 44.3. The Labute approximate surface area is 416 Å². The Hall–Kier alpha value is -8.92. The second-order valence-corrected chi connectivity index (χ2v) is 19.1. The van der Waals surface area contributed by atoms with Gasteiger partial charge in [-0.25, -0.2) is 4.85 Å². The van der Waals surface area contributed by atoms with Gasteiger partial charge in [-0.3, -0.25) is 0 Å². The van der Waals surface area contributed by atoms with Crippen molar-refractivity contribution in [3.8, 4) is 67.0 Å². The molecule has 10 aromatic carbocycles. The second kappa shape index (κ2) is 17.2. The lowest BCUT2D eigenvalue weighted by Crippen LogP contribution is -2.08. The fourth-order valence-corrected chi connectivity index (χ4v) is 10.4. The van der Waals surface area contributed by atoms with Crippen molar-refractivity contribution in [3.63, 3.8) is 0 Å². The molecule has 0 saturated heterocycles. The van der Waals surface area contributed by atoms with E-state index in [1.807, 2.05) is 12.1 Å². The van der Waals surface area contributed by atoms with Crippen molar-refractivity contribution in [1.29, 1.82) is 0 Å². The molecule has 346 valence electrons. The van der Waals surface area contributed by atoms with E-state index in [-0.39, 0.29) is 0 Å². The molecule has 0 fully saturated rings. The molecule has 0 N–H and O–H groups in total. The fraction of sp³-hybridized carbons (Fsp3) is 0.0758. The van der Waals surface area contributed by atoms with Crippen LogP contribution in [0.2, 0.25) is 0 Å². The molecule has 0 amide bonds. The minimum atomic E-state index is -4.64. The maximum atomic E-state index is 15.2. The third-order valence-corrected chi connectivity index (χ3v) is 14.3. The van der Waals surface area contributed by atoms with Gasteiger partial charge < -0.3 is 9.13 Å². The summed E-state index contributed by atoms with van der Waals surface area (Å²) in [4.78, 5) is 3.90. The number of alkyl halides is 3. The number of hydrogen-bond donors (Lipinski definition) is 0. The number of halogens is 3. The van der Waals surface area contributed by atoms with Crippen LogP contribution in [0.15, 0.2) is 206 Å². The molecule has 0 unspecified atom stereocenters. The van der Waals surface area contributed by atoms with Gasteiger partial charge in [0.15, 0.2) is 5.69 Å². The molecule has 0 aliphatic rings. The van der Waals surface area contributed by atoms with Crippen LogP contribution in [0.3, 0.4) is 0 Å². The zero-order chi connectivity index (χ0) is 49.4. The first-order valence-corrected chi connectivity index (χ1v) is 24.1. The van der Waals surface area contributed by atoms with Crippen molar-refractivity contribution in [3.05, 3.63) is 245 Å². The quantitative estimate of drug-likeness (QED) is 0.141. The molecular formula is C66H46F3N3. The SMILES string of the molecule is [C-]#[N+]c1ccc(-c2cc(C(F)(F)F)ccc2-n2c3ccc(-c4ccc(C)cc4)cc3c3cc(-c4ccc(C)cc4)ccc32)c(-n2c3ccc(-c4ccc(C)cc4)cc3c3cc(-c4ccc(C)cc4)ccc32)c1. The first-order chi connectivity index (χ1) is 34.9. The summed E-state index contributed by atoms with van der Waals surface area (Å²) in [5, 5.41) is 3.92. The summed E-state index contributed by atoms with van der Waals surface area (Å²) < 4.78 is 49.8. The molecule has 72 heavy (non-hydrogen) atoms. The highest BCUT2D eigenvalue weighted by molar-refractivity contribution is 6.14. The van der Waals surface area contributed by atoms with Gasteiger partial charge in [-0.1, -0.05) is 156 Å². The van der Waals surface area contributed by atoms with Gasteiger partial charge in [0.2, 0.25) is 0 Å². The van der Waals surface area contributed by atoms with Gasteiger partial charge in [0, 0.05) is 38.4 Å². The molecule has 0 bridgehead atoms. The van der Waals surface area contributed by atoms with Gasteiger partial charge in [0.1, 0.15) is 0 Å². The summed E-state index contributed by atoms with van der Waals surface area (Å²) >= 11 is 0. The van der Waals surface area contributed by atoms with Crippen LogP contribution in [0.4, 0.5) is 18.9 Å². The molecule has 0 aliphatic heterocycles. The van der Waals surface area contributed by atoms with Gasteiger partial charge in [-0.15, -0.1) is 0 Å². The van der Waals surface area contributed by atoms with Crippen molar-refractivity contribution in [2.75, 3.05) is 0 Å². The molecule has 0 atom stereocenters. The van der Waals surface area contributed by atoms with Crippen LogP contribution in [0.5, 0.6) is 0 Å². The smallest absolute Gasteiger partial charge is 0.310 e. The van der Waals surface area contributed by atoms with Crippen molar-refractivity contribution < 1.29 is 13.2 Å². The predicted octanol–water partition coefficient (Wildman–Crippen LogP) is 19.0. The maximum absolute atomic E-state index is 15.2. The van der Waals surface area contributed by atoms with Crippen molar-refractivity contribution in [1.82, 2.24) is 9.13 Å². The van der Waals surface area contributed by atoms with E-state index in [1.54, 1.807) is 12.1 Å². The molecule has 12 rings (SSSR count). The Morgan fingerprint density at radius 3 is 1.00 bits per heavy atom. The highest BCUT2D eigenvalue weighted by Gasteiger charge is 2.32. The molecule has 0 spiro atoms. The zero-order valence-electron chi connectivity index (χ0n) is 40.1. The van der Waals surface area contributed by atoms with E-state index >= 15 is 13.2 Å². The molecule has 2 aromatic heterocycles. The minimum absolute atomic E-state index is 0.369. The van der Waals surface area contributed by atoms with Crippen LogP contribution in [-0.2, 0) is 6.18 Å². The minimum Gasteiger partial charge on any atom is -0.310 e. The zero-order valence-corrected chi connectivity index (χ0v) is 40.1. The molecule has 3 nitrogen and oxygen atoms in total. The average Bonchev–Trinajstić information content (AvgIpc) is 3.90. The molecule has 2 heterocycles. The number of hydrogen-bond acceptors (Lipinski definition) is 0. The van der Waals surface area contributed by atoms with Gasteiger partial charge in [-0.05, 0) is 145 Å². The van der Waals surface area contributed by atoms with E-state index in [4.69, 9.17) is 6.57 Å². The van der Waals surface area contributed by atoms with Gasteiger partial charge >= 0.3 is 6.18 Å². The topological polar surface area (TPSA) is 14.2 Å². The Balaban J connectivity index is 1.14. The van der Waals surface area contributed by atoms with Gasteiger partial charge in [-0.2, -0.15) is 13.2 Å². The monoisotopic (exact) mass is 937 g/mol. The number of aromatic nitrogens is 2. The van der Waals surface area contributed by atoms with Crippen LogP contribution in [-0.4, -0.2) is 9.13 Å². The van der Waals surface area contributed by atoms with E-state index in [2.05, 4.69) is 212 Å². The summed E-state index contributed by atoms with van der Waals surface area (Å²) in [7, 11) is 0. The van der Waals surface area contributed by atoms with E-state index < -0.39 is 11.7 Å². The molecule has 6 heteroatoms. The summed E-state index contributed by atoms with van der Waals surface area (Å²) in [5.41, 5.74) is 18.3. The fourth-order valence-electron chi connectivity index (χ4n) is 10.4. The molecule has 0 radical (unpaired) electrons. The Bertz CT molecular complexity index is 3940. The van der Waals surface area contributed by atoms with E-state index in [0.29, 0.717) is 28.2 Å². The van der Waals surface area contributed by atoms with Gasteiger partial charge in [0.25, 0.3) is 0 Å². The van der Waals surface area contributed by atoms with Crippen molar-refractivity contribution >= 4 is 49.3 Å². The second-order valence-electron chi connectivity index (χ2n) is 19.1. The van der Waals surface area contributed by atoms with E-state index in [0.717, 1.165) is 99.2 Å².